The highest BCUT2D eigenvalue weighted by molar-refractivity contribution is 9.10. The topological polar surface area (TPSA) is 71.1 Å². The average Bonchev–Trinajstić information content (AvgIpc) is 3.11. The Labute approximate surface area is 311 Å². The summed E-state index contributed by atoms with van der Waals surface area (Å²) in [6, 6.07) is 23.4. The molecular formula is C44H49BrO6. The van der Waals surface area contributed by atoms with Gasteiger partial charge in [-0.2, -0.15) is 0 Å². The second kappa shape index (κ2) is 16.6. The summed E-state index contributed by atoms with van der Waals surface area (Å²) in [5.41, 5.74) is 6.38. The highest BCUT2D eigenvalue weighted by Gasteiger charge is 2.24. The van der Waals surface area contributed by atoms with Crippen molar-refractivity contribution in [2.75, 3.05) is 14.2 Å². The quantitative estimate of drug-likeness (QED) is 0.138. The first-order valence-corrected chi connectivity index (χ1v) is 17.8. The molecular weight excluding hydrogens is 704 g/mol. The highest BCUT2D eigenvalue weighted by atomic mass is 79.9. The maximum atomic E-state index is 12.9. The number of aldehydes is 1. The van der Waals surface area contributed by atoms with Crippen LogP contribution < -0.4 is 18.9 Å². The molecule has 0 bridgehead atoms. The van der Waals surface area contributed by atoms with Gasteiger partial charge in [-0.15, -0.1) is 0 Å². The van der Waals surface area contributed by atoms with Crippen molar-refractivity contribution in [1.82, 2.24) is 0 Å². The Bertz CT molecular complexity index is 1940. The molecule has 0 spiro atoms. The molecule has 0 amide bonds. The van der Waals surface area contributed by atoms with Crippen molar-refractivity contribution in [2.45, 2.75) is 78.4 Å². The van der Waals surface area contributed by atoms with Crippen LogP contribution in [0.15, 0.2) is 89.4 Å². The normalized spacial score (nSPS) is 15.4. The number of Topliss-reactive ketones (excluding diaryl/α,β-unsaturated/α-hetero) is 1. The molecule has 0 radical (unpaired) electrons. The molecule has 0 saturated heterocycles. The monoisotopic (exact) mass is 752 g/mol. The van der Waals surface area contributed by atoms with Crippen molar-refractivity contribution in [3.05, 3.63) is 128 Å². The van der Waals surface area contributed by atoms with Crippen molar-refractivity contribution in [3.8, 4) is 23.0 Å². The maximum absolute atomic E-state index is 12.9. The van der Waals surface area contributed by atoms with E-state index in [0.717, 1.165) is 67.1 Å². The van der Waals surface area contributed by atoms with E-state index in [1.165, 1.54) is 0 Å². The molecule has 0 fully saturated rings. The molecule has 0 aromatic heterocycles. The number of aryl methyl sites for hydroxylation is 2. The summed E-state index contributed by atoms with van der Waals surface area (Å²) in [6.07, 6.45) is 9.14. The number of ketones is 1. The lowest BCUT2D eigenvalue weighted by Gasteiger charge is -2.28. The van der Waals surface area contributed by atoms with E-state index in [0.29, 0.717) is 5.56 Å². The summed E-state index contributed by atoms with van der Waals surface area (Å²) in [7, 11) is 3.29. The molecule has 0 N–H and O–H groups in total. The van der Waals surface area contributed by atoms with Crippen molar-refractivity contribution < 1.29 is 28.5 Å². The number of carbonyl (C=O) groups is 2. The summed E-state index contributed by atoms with van der Waals surface area (Å²) < 4.78 is 23.3. The number of rotatable bonds is 7. The number of carbonyl (C=O) groups excluding carboxylic acids is 2. The third-order valence-corrected chi connectivity index (χ3v) is 9.32. The van der Waals surface area contributed by atoms with E-state index in [-0.39, 0.29) is 28.8 Å². The number of methoxy groups -OCH3 is 2. The van der Waals surface area contributed by atoms with Crippen LogP contribution in [-0.2, 0) is 4.79 Å². The van der Waals surface area contributed by atoms with Gasteiger partial charge < -0.3 is 23.7 Å². The van der Waals surface area contributed by atoms with Crippen LogP contribution in [0.5, 0.6) is 23.0 Å². The van der Waals surface area contributed by atoms with Crippen molar-refractivity contribution in [3.63, 3.8) is 0 Å². The number of hydrogen-bond donors (Lipinski definition) is 0. The summed E-state index contributed by atoms with van der Waals surface area (Å²) >= 11 is 3.43. The fraction of sp³-hybridized carbons (Fsp3) is 0.318. The SMILES string of the molecule is CC1(C)C=Cc2cc(Br)ccc2O1.COc1cc([C@@H](C)C(=O)c2ccc3c(c2)C=CC(C)(C)O3)ccc1C.COc1cc([C@@H](C)C=O)ccc1C. The molecule has 6 rings (SSSR count). The fourth-order valence-electron chi connectivity index (χ4n) is 5.59. The Balaban J connectivity index is 0.000000189. The van der Waals surface area contributed by atoms with Gasteiger partial charge in [0, 0.05) is 33.0 Å². The van der Waals surface area contributed by atoms with E-state index in [1.807, 2.05) is 120 Å². The van der Waals surface area contributed by atoms with Gasteiger partial charge >= 0.3 is 0 Å². The first-order valence-electron chi connectivity index (χ1n) is 17.0. The second-order valence-electron chi connectivity index (χ2n) is 14.0. The van der Waals surface area contributed by atoms with Crippen molar-refractivity contribution in [2.24, 2.45) is 0 Å². The molecule has 4 aromatic carbocycles. The van der Waals surface area contributed by atoms with Crippen LogP contribution >= 0.6 is 15.9 Å². The molecule has 4 aromatic rings. The van der Waals surface area contributed by atoms with Gasteiger partial charge in [0.2, 0.25) is 0 Å². The second-order valence-corrected chi connectivity index (χ2v) is 14.9. The molecule has 51 heavy (non-hydrogen) atoms. The zero-order valence-corrected chi connectivity index (χ0v) is 32.9. The van der Waals surface area contributed by atoms with Gasteiger partial charge in [0.1, 0.15) is 40.5 Å². The average molecular weight is 754 g/mol. The van der Waals surface area contributed by atoms with E-state index in [9.17, 15) is 9.59 Å². The minimum Gasteiger partial charge on any atom is -0.496 e. The Hall–Kier alpha value is -4.62. The van der Waals surface area contributed by atoms with Crippen LogP contribution in [0.1, 0.15) is 97.1 Å². The van der Waals surface area contributed by atoms with Gasteiger partial charge in [0.15, 0.2) is 5.78 Å². The molecule has 6 nitrogen and oxygen atoms in total. The minimum absolute atomic E-state index is 0.0606. The van der Waals surface area contributed by atoms with E-state index in [1.54, 1.807) is 14.2 Å². The third kappa shape index (κ3) is 10.2. The number of fused-ring (bicyclic) bond motifs is 2. The third-order valence-electron chi connectivity index (χ3n) is 8.83. The molecule has 268 valence electrons. The Kier molecular flexibility index (Phi) is 12.7. The molecule has 2 heterocycles. The predicted molar refractivity (Wildman–Crippen MR) is 211 cm³/mol. The lowest BCUT2D eigenvalue weighted by molar-refractivity contribution is -0.108. The fourth-order valence-corrected chi connectivity index (χ4v) is 5.97. The van der Waals surface area contributed by atoms with Gasteiger partial charge in [-0.25, -0.2) is 0 Å². The number of halogens is 1. The van der Waals surface area contributed by atoms with Gasteiger partial charge in [0.05, 0.1) is 14.2 Å². The zero-order valence-electron chi connectivity index (χ0n) is 31.3. The van der Waals surface area contributed by atoms with Crippen LogP contribution in [0.4, 0.5) is 0 Å². The Morgan fingerprint density at radius 1 is 0.706 bits per heavy atom. The molecule has 0 unspecified atom stereocenters. The summed E-state index contributed by atoms with van der Waals surface area (Å²) in [5.74, 6) is 3.20. The molecule has 2 atom stereocenters. The van der Waals surface area contributed by atoms with Gasteiger partial charge in [-0.3, -0.25) is 4.79 Å². The zero-order chi connectivity index (χ0) is 37.5. The van der Waals surface area contributed by atoms with Crippen LogP contribution in [0.3, 0.4) is 0 Å². The molecule has 0 saturated carbocycles. The highest BCUT2D eigenvalue weighted by Crippen LogP contribution is 2.34. The summed E-state index contributed by atoms with van der Waals surface area (Å²) in [6.45, 7) is 15.9. The summed E-state index contributed by atoms with van der Waals surface area (Å²) in [4.78, 5) is 23.5. The number of benzene rings is 4. The Morgan fingerprint density at radius 3 is 1.73 bits per heavy atom. The first kappa shape index (κ1) is 39.2. The first-order chi connectivity index (χ1) is 24.1. The van der Waals surface area contributed by atoms with Crippen molar-refractivity contribution in [1.29, 1.82) is 0 Å². The van der Waals surface area contributed by atoms with E-state index >= 15 is 0 Å². The lowest BCUT2D eigenvalue weighted by atomic mass is 9.90. The molecule has 2 aliphatic heterocycles. The van der Waals surface area contributed by atoms with Gasteiger partial charge in [-0.1, -0.05) is 66.2 Å². The van der Waals surface area contributed by atoms with Crippen LogP contribution in [0.2, 0.25) is 0 Å². The van der Waals surface area contributed by atoms with Crippen molar-refractivity contribution >= 4 is 40.2 Å². The number of ether oxygens (including phenoxy) is 4. The largest absolute Gasteiger partial charge is 0.496 e. The Morgan fingerprint density at radius 2 is 1.20 bits per heavy atom. The van der Waals surface area contributed by atoms with E-state index in [4.69, 9.17) is 18.9 Å². The van der Waals surface area contributed by atoms with Crippen LogP contribution in [0, 0.1) is 13.8 Å². The van der Waals surface area contributed by atoms with Gasteiger partial charge in [0.25, 0.3) is 0 Å². The van der Waals surface area contributed by atoms with E-state index in [2.05, 4.69) is 48.0 Å². The van der Waals surface area contributed by atoms with Gasteiger partial charge in [-0.05, 0) is 124 Å². The minimum atomic E-state index is -0.315. The molecule has 2 aliphatic rings. The smallest absolute Gasteiger partial charge is 0.170 e. The van der Waals surface area contributed by atoms with Crippen LogP contribution in [-0.4, -0.2) is 37.5 Å². The van der Waals surface area contributed by atoms with Crippen LogP contribution in [0.25, 0.3) is 12.2 Å². The number of hydrogen-bond acceptors (Lipinski definition) is 6. The summed E-state index contributed by atoms with van der Waals surface area (Å²) in [5, 5.41) is 0. The van der Waals surface area contributed by atoms with E-state index < -0.39 is 0 Å². The predicted octanol–water partition coefficient (Wildman–Crippen LogP) is 11.1. The lowest BCUT2D eigenvalue weighted by Crippen LogP contribution is -2.27. The molecule has 0 aliphatic carbocycles. The maximum Gasteiger partial charge on any atom is 0.170 e. The standard InChI is InChI=1S/C22H24O3.C11H11BrO.C11H14O2/c1-14-6-7-16(13-20(14)24-5)15(2)21(23)18-8-9-19-17(12-18)10-11-22(3,4)25-19;1-11(2)6-5-8-7-9(12)3-4-10(8)13-11;1-8-4-5-10(9(2)7-12)6-11(8)13-3/h6-13,15H,1-5H3;3-7H,1-2H3;4-7,9H,1-3H3/t15-;;9-/m1.0/s1. The molecule has 7 heteroatoms.